The first-order chi connectivity index (χ1) is 12.4. The number of halogens is 2. The molecule has 6 nitrogen and oxygen atoms in total. The Morgan fingerprint density at radius 2 is 1.88 bits per heavy atom. The first kappa shape index (κ1) is 19.6. The molecule has 2 rings (SSSR count). The zero-order valence-corrected chi connectivity index (χ0v) is 15.2. The van der Waals surface area contributed by atoms with Gasteiger partial charge in [-0.1, -0.05) is 23.2 Å². The fourth-order valence-corrected chi connectivity index (χ4v) is 2.35. The molecule has 0 aliphatic rings. The molecule has 0 unspecified atom stereocenters. The average Bonchev–Trinajstić information content (AvgIpc) is 2.62. The Balaban J connectivity index is 1.82. The molecule has 0 bridgehead atoms. The lowest BCUT2D eigenvalue weighted by Crippen LogP contribution is -2.29. The second kappa shape index (κ2) is 9.09. The Morgan fingerprint density at radius 3 is 2.50 bits per heavy atom. The number of carbonyl (C=O) groups excluding carboxylic acids is 2. The summed E-state index contributed by atoms with van der Waals surface area (Å²) in [5.74, 6) is -0.842. The van der Waals surface area contributed by atoms with Gasteiger partial charge in [0.1, 0.15) is 5.75 Å². The molecule has 1 N–H and O–H groups in total. The van der Waals surface area contributed by atoms with Gasteiger partial charge in [-0.05, 0) is 49.4 Å². The summed E-state index contributed by atoms with van der Waals surface area (Å²) in [4.78, 5) is 23.8. The number of ether oxygens (including phenoxy) is 2. The average molecular weight is 393 g/mol. The van der Waals surface area contributed by atoms with Gasteiger partial charge in [-0.25, -0.2) is 4.79 Å². The van der Waals surface area contributed by atoms with Crippen molar-refractivity contribution in [2.75, 3.05) is 11.9 Å². The van der Waals surface area contributed by atoms with E-state index in [1.807, 2.05) is 6.07 Å². The summed E-state index contributed by atoms with van der Waals surface area (Å²) < 4.78 is 10.3. The van der Waals surface area contributed by atoms with Crippen LogP contribution in [0.2, 0.25) is 10.0 Å². The van der Waals surface area contributed by atoms with Gasteiger partial charge < -0.3 is 14.8 Å². The highest BCUT2D eigenvalue weighted by Crippen LogP contribution is 2.25. The number of amides is 1. The van der Waals surface area contributed by atoms with Crippen LogP contribution in [0, 0.1) is 11.3 Å². The molecule has 2 aromatic rings. The van der Waals surface area contributed by atoms with E-state index in [0.29, 0.717) is 22.0 Å². The lowest BCUT2D eigenvalue weighted by molar-refractivity contribution is -0.153. The number of anilines is 1. The molecular formula is C18H14Cl2N2O4. The molecule has 8 heteroatoms. The summed E-state index contributed by atoms with van der Waals surface area (Å²) in [6.45, 7) is 1.01. The Morgan fingerprint density at radius 1 is 1.19 bits per heavy atom. The van der Waals surface area contributed by atoms with Crippen molar-refractivity contribution in [2.45, 2.75) is 13.0 Å². The number of rotatable bonds is 6. The molecular weight excluding hydrogens is 379 g/mol. The fraction of sp³-hybridized carbons (Fsp3) is 0.167. The van der Waals surface area contributed by atoms with Crippen molar-refractivity contribution in [2.24, 2.45) is 0 Å². The maximum atomic E-state index is 11.9. The molecule has 26 heavy (non-hydrogen) atoms. The van der Waals surface area contributed by atoms with Gasteiger partial charge in [-0.3, -0.25) is 4.79 Å². The van der Waals surface area contributed by atoms with Crippen molar-refractivity contribution >= 4 is 40.8 Å². The minimum Gasteiger partial charge on any atom is -0.479 e. The highest BCUT2D eigenvalue weighted by molar-refractivity contribution is 6.36. The predicted molar refractivity (Wildman–Crippen MR) is 97.3 cm³/mol. The van der Waals surface area contributed by atoms with E-state index in [0.717, 1.165) is 0 Å². The largest absolute Gasteiger partial charge is 0.479 e. The molecule has 0 aliphatic heterocycles. The van der Waals surface area contributed by atoms with Crippen molar-refractivity contribution < 1.29 is 19.1 Å². The molecule has 0 fully saturated rings. The van der Waals surface area contributed by atoms with Gasteiger partial charge in [-0.2, -0.15) is 5.26 Å². The van der Waals surface area contributed by atoms with E-state index < -0.39 is 24.6 Å². The Labute approximate surface area is 160 Å². The molecule has 0 saturated heterocycles. The Kier molecular flexibility index (Phi) is 6.84. The molecule has 1 atom stereocenters. The van der Waals surface area contributed by atoms with Crippen LogP contribution in [0.1, 0.15) is 12.5 Å². The Hall–Kier alpha value is -2.75. The van der Waals surface area contributed by atoms with Gasteiger partial charge >= 0.3 is 5.97 Å². The number of carbonyl (C=O) groups is 2. The van der Waals surface area contributed by atoms with Crippen LogP contribution in [0.5, 0.6) is 5.75 Å². The summed E-state index contributed by atoms with van der Waals surface area (Å²) in [7, 11) is 0. The van der Waals surface area contributed by atoms with Gasteiger partial charge in [0, 0.05) is 5.02 Å². The summed E-state index contributed by atoms with van der Waals surface area (Å²) >= 11 is 11.7. The standard InChI is InChI=1S/C18H14Cl2N2O4/c1-11(26-14-5-2-12(9-21)3-6-14)18(24)25-10-17(23)22-16-7-4-13(19)8-15(16)20/h2-8,11H,10H2,1H3,(H,22,23)/t11-/m0/s1. The second-order valence-electron chi connectivity index (χ2n) is 5.18. The second-order valence-corrected chi connectivity index (χ2v) is 6.02. The molecule has 0 aliphatic carbocycles. The maximum absolute atomic E-state index is 11.9. The molecule has 0 saturated carbocycles. The molecule has 0 radical (unpaired) electrons. The summed E-state index contributed by atoms with van der Waals surface area (Å²) in [5.41, 5.74) is 0.837. The quantitative estimate of drug-likeness (QED) is 0.754. The third-order valence-corrected chi connectivity index (χ3v) is 3.73. The van der Waals surface area contributed by atoms with E-state index >= 15 is 0 Å². The maximum Gasteiger partial charge on any atom is 0.347 e. The number of nitrogens with zero attached hydrogens (tertiary/aromatic N) is 1. The number of hydrogen-bond donors (Lipinski definition) is 1. The van der Waals surface area contributed by atoms with Crippen LogP contribution in [0.15, 0.2) is 42.5 Å². The molecule has 0 aromatic heterocycles. The van der Waals surface area contributed by atoms with Crippen LogP contribution in [0.4, 0.5) is 5.69 Å². The van der Waals surface area contributed by atoms with E-state index in [2.05, 4.69) is 5.32 Å². The number of nitriles is 1. The highest BCUT2D eigenvalue weighted by Gasteiger charge is 2.18. The molecule has 2 aromatic carbocycles. The van der Waals surface area contributed by atoms with Gasteiger partial charge in [0.05, 0.1) is 22.3 Å². The van der Waals surface area contributed by atoms with Crippen molar-refractivity contribution in [3.05, 3.63) is 58.1 Å². The van der Waals surface area contributed by atoms with Gasteiger partial charge in [0.15, 0.2) is 12.7 Å². The van der Waals surface area contributed by atoms with Crippen molar-refractivity contribution in [1.29, 1.82) is 5.26 Å². The van der Waals surface area contributed by atoms with E-state index in [1.165, 1.54) is 13.0 Å². The van der Waals surface area contributed by atoms with Crippen LogP contribution in [-0.4, -0.2) is 24.6 Å². The van der Waals surface area contributed by atoms with Gasteiger partial charge in [-0.15, -0.1) is 0 Å². The highest BCUT2D eigenvalue weighted by atomic mass is 35.5. The monoisotopic (exact) mass is 392 g/mol. The summed E-state index contributed by atoms with van der Waals surface area (Å²) in [6.07, 6.45) is -0.921. The lowest BCUT2D eigenvalue weighted by Gasteiger charge is -2.14. The van der Waals surface area contributed by atoms with Gasteiger partial charge in [0.25, 0.3) is 5.91 Å². The molecule has 0 spiro atoms. The van der Waals surface area contributed by atoms with Crippen molar-refractivity contribution in [1.82, 2.24) is 0 Å². The van der Waals surface area contributed by atoms with E-state index in [1.54, 1.807) is 36.4 Å². The van der Waals surface area contributed by atoms with Crippen LogP contribution in [0.3, 0.4) is 0 Å². The minimum atomic E-state index is -0.921. The van der Waals surface area contributed by atoms with Crippen molar-refractivity contribution in [3.8, 4) is 11.8 Å². The summed E-state index contributed by atoms with van der Waals surface area (Å²) in [5, 5.41) is 12.0. The zero-order chi connectivity index (χ0) is 19.1. The third-order valence-electron chi connectivity index (χ3n) is 3.18. The topological polar surface area (TPSA) is 88.4 Å². The number of hydrogen-bond acceptors (Lipinski definition) is 5. The van der Waals surface area contributed by atoms with Crippen LogP contribution in [-0.2, 0) is 14.3 Å². The summed E-state index contributed by atoms with van der Waals surface area (Å²) in [6, 6.07) is 12.8. The zero-order valence-electron chi connectivity index (χ0n) is 13.7. The lowest BCUT2D eigenvalue weighted by atomic mass is 10.2. The van der Waals surface area contributed by atoms with E-state index in [4.69, 9.17) is 37.9 Å². The first-order valence-electron chi connectivity index (χ1n) is 7.47. The number of esters is 1. The molecule has 0 heterocycles. The van der Waals surface area contributed by atoms with Crippen LogP contribution < -0.4 is 10.1 Å². The van der Waals surface area contributed by atoms with Crippen LogP contribution in [0.25, 0.3) is 0 Å². The Bertz CT molecular complexity index is 847. The van der Waals surface area contributed by atoms with Crippen LogP contribution >= 0.6 is 23.2 Å². The van der Waals surface area contributed by atoms with Gasteiger partial charge in [0.2, 0.25) is 0 Å². The van der Waals surface area contributed by atoms with E-state index in [-0.39, 0.29) is 5.02 Å². The predicted octanol–water partition coefficient (Wildman–Crippen LogP) is 3.81. The molecule has 134 valence electrons. The fourth-order valence-electron chi connectivity index (χ4n) is 1.89. The van der Waals surface area contributed by atoms with Crippen molar-refractivity contribution in [3.63, 3.8) is 0 Å². The molecule has 1 amide bonds. The number of benzene rings is 2. The third kappa shape index (κ3) is 5.66. The van der Waals surface area contributed by atoms with E-state index in [9.17, 15) is 9.59 Å². The number of nitrogens with one attached hydrogen (secondary N) is 1. The SMILES string of the molecule is C[C@H](Oc1ccc(C#N)cc1)C(=O)OCC(=O)Nc1ccc(Cl)cc1Cl. The normalized spacial score (nSPS) is 11.2. The minimum absolute atomic E-state index is 0.273. The smallest absolute Gasteiger partial charge is 0.347 e. The first-order valence-corrected chi connectivity index (χ1v) is 8.23.